The summed E-state index contributed by atoms with van der Waals surface area (Å²) < 4.78 is 5.27. The molecule has 1 aliphatic rings. The number of nitriles is 1. The van der Waals surface area contributed by atoms with Gasteiger partial charge in [0.1, 0.15) is 6.07 Å². The van der Waals surface area contributed by atoms with E-state index in [1.54, 1.807) is 4.90 Å². The quantitative estimate of drug-likeness (QED) is 0.805. The van der Waals surface area contributed by atoms with Gasteiger partial charge in [0.2, 0.25) is 0 Å². The molecular formula is C11H12N4O3. The summed E-state index contributed by atoms with van der Waals surface area (Å²) in [7, 11) is 0. The summed E-state index contributed by atoms with van der Waals surface area (Å²) in [6.45, 7) is 1.30. The average Bonchev–Trinajstić information content (AvgIpc) is 2.39. The Labute approximate surface area is 104 Å². The zero-order valence-electron chi connectivity index (χ0n) is 9.61. The number of anilines is 1. The Morgan fingerprint density at radius 1 is 1.61 bits per heavy atom. The van der Waals surface area contributed by atoms with E-state index in [1.807, 2.05) is 6.07 Å². The molecule has 18 heavy (non-hydrogen) atoms. The van der Waals surface area contributed by atoms with Crippen molar-refractivity contribution in [3.8, 4) is 6.07 Å². The molecule has 1 saturated heterocycles. The number of aromatic nitrogens is 2. The fraction of sp³-hybridized carbons (Fsp3) is 0.455. The molecule has 1 aromatic rings. The minimum Gasteiger partial charge on any atom is -0.481 e. The molecule has 1 atom stereocenters. The molecular weight excluding hydrogens is 236 g/mol. The van der Waals surface area contributed by atoms with Crippen molar-refractivity contribution in [3.05, 3.63) is 18.1 Å². The van der Waals surface area contributed by atoms with Crippen LogP contribution in [0.1, 0.15) is 12.1 Å². The molecule has 1 aromatic heterocycles. The van der Waals surface area contributed by atoms with Gasteiger partial charge in [-0.05, 0) is 0 Å². The van der Waals surface area contributed by atoms with Crippen LogP contribution in [-0.2, 0) is 9.53 Å². The summed E-state index contributed by atoms with van der Waals surface area (Å²) in [4.78, 5) is 20.7. The molecule has 0 saturated carbocycles. The lowest BCUT2D eigenvalue weighted by atomic mass is 10.1. The second-order valence-electron chi connectivity index (χ2n) is 3.86. The minimum atomic E-state index is -0.905. The zero-order valence-corrected chi connectivity index (χ0v) is 9.61. The standard InChI is InChI=1S/C11H12N4O3/c12-6-9-11(14-2-1-13-9)15-3-4-18-7-8(15)5-10(16)17/h1-2,8H,3-5,7H2,(H,16,17). The third kappa shape index (κ3) is 2.55. The van der Waals surface area contributed by atoms with Crippen LogP contribution in [0.4, 0.5) is 5.82 Å². The van der Waals surface area contributed by atoms with E-state index < -0.39 is 5.97 Å². The van der Waals surface area contributed by atoms with Gasteiger partial charge in [-0.2, -0.15) is 5.26 Å². The fourth-order valence-electron chi connectivity index (χ4n) is 1.92. The predicted molar refractivity (Wildman–Crippen MR) is 61.0 cm³/mol. The van der Waals surface area contributed by atoms with Crippen molar-refractivity contribution >= 4 is 11.8 Å². The summed E-state index contributed by atoms with van der Waals surface area (Å²) in [5, 5.41) is 17.9. The number of carboxylic acids is 1. The molecule has 2 heterocycles. The Hall–Kier alpha value is -2.20. The highest BCUT2D eigenvalue weighted by Gasteiger charge is 2.28. The Morgan fingerprint density at radius 3 is 3.11 bits per heavy atom. The van der Waals surface area contributed by atoms with Gasteiger partial charge in [0.05, 0.1) is 25.7 Å². The first-order chi connectivity index (χ1) is 8.72. The molecule has 7 heteroatoms. The molecule has 1 fully saturated rings. The Kier molecular flexibility index (Phi) is 3.69. The maximum atomic E-state index is 10.8. The van der Waals surface area contributed by atoms with Gasteiger partial charge in [-0.25, -0.2) is 9.97 Å². The third-order valence-corrected chi connectivity index (χ3v) is 2.69. The third-order valence-electron chi connectivity index (χ3n) is 2.69. The topological polar surface area (TPSA) is 99.3 Å². The molecule has 0 amide bonds. The first-order valence-electron chi connectivity index (χ1n) is 5.49. The van der Waals surface area contributed by atoms with Crippen LogP contribution in [0.3, 0.4) is 0 Å². The lowest BCUT2D eigenvalue weighted by molar-refractivity contribution is -0.138. The Morgan fingerprint density at radius 2 is 2.39 bits per heavy atom. The van der Waals surface area contributed by atoms with E-state index in [4.69, 9.17) is 15.1 Å². The lowest BCUT2D eigenvalue weighted by Gasteiger charge is -2.35. The van der Waals surface area contributed by atoms with Gasteiger partial charge in [-0.15, -0.1) is 0 Å². The van der Waals surface area contributed by atoms with Gasteiger partial charge >= 0.3 is 5.97 Å². The number of hydrogen-bond acceptors (Lipinski definition) is 6. The summed E-state index contributed by atoms with van der Waals surface area (Å²) in [5.74, 6) is -0.479. The molecule has 0 bridgehead atoms. The van der Waals surface area contributed by atoms with Crippen LogP contribution in [0, 0.1) is 11.3 Å². The Bertz CT molecular complexity index is 485. The van der Waals surface area contributed by atoms with Crippen LogP contribution in [-0.4, -0.2) is 46.8 Å². The summed E-state index contributed by atoms with van der Waals surface area (Å²) >= 11 is 0. The lowest BCUT2D eigenvalue weighted by Crippen LogP contribution is -2.47. The van der Waals surface area contributed by atoms with Crippen molar-refractivity contribution < 1.29 is 14.6 Å². The van der Waals surface area contributed by atoms with E-state index >= 15 is 0 Å². The number of carboxylic acid groups (broad SMARTS) is 1. The van der Waals surface area contributed by atoms with Crippen LogP contribution < -0.4 is 4.90 Å². The van der Waals surface area contributed by atoms with Crippen LogP contribution in [0.15, 0.2) is 12.4 Å². The second-order valence-corrected chi connectivity index (χ2v) is 3.86. The molecule has 0 radical (unpaired) electrons. The first-order valence-corrected chi connectivity index (χ1v) is 5.49. The van der Waals surface area contributed by atoms with E-state index in [-0.39, 0.29) is 18.2 Å². The predicted octanol–water partition coefficient (Wildman–Crippen LogP) is 0.0282. The van der Waals surface area contributed by atoms with Crippen LogP contribution in [0.2, 0.25) is 0 Å². The first kappa shape index (κ1) is 12.3. The van der Waals surface area contributed by atoms with E-state index in [2.05, 4.69) is 9.97 Å². The van der Waals surface area contributed by atoms with Gasteiger partial charge < -0.3 is 14.7 Å². The van der Waals surface area contributed by atoms with E-state index in [9.17, 15) is 4.79 Å². The maximum Gasteiger partial charge on any atom is 0.305 e. The maximum absolute atomic E-state index is 10.8. The normalized spacial score (nSPS) is 19.3. The fourth-order valence-corrected chi connectivity index (χ4v) is 1.92. The highest BCUT2D eigenvalue weighted by molar-refractivity contribution is 5.68. The highest BCUT2D eigenvalue weighted by atomic mass is 16.5. The number of ether oxygens (including phenoxy) is 1. The van der Waals surface area contributed by atoms with Crippen molar-refractivity contribution in [2.24, 2.45) is 0 Å². The summed E-state index contributed by atoms with van der Waals surface area (Å²) in [6, 6.07) is 1.64. The van der Waals surface area contributed by atoms with Gasteiger partial charge in [0.15, 0.2) is 11.5 Å². The van der Waals surface area contributed by atoms with E-state index in [0.29, 0.717) is 25.6 Å². The number of morpholine rings is 1. The average molecular weight is 248 g/mol. The second kappa shape index (κ2) is 5.42. The zero-order chi connectivity index (χ0) is 13.0. The van der Waals surface area contributed by atoms with Crippen molar-refractivity contribution in [2.45, 2.75) is 12.5 Å². The SMILES string of the molecule is N#Cc1nccnc1N1CCOCC1CC(=O)O. The van der Waals surface area contributed by atoms with Crippen LogP contribution in [0.25, 0.3) is 0 Å². The number of aliphatic carboxylic acids is 1. The van der Waals surface area contributed by atoms with Crippen molar-refractivity contribution in [1.29, 1.82) is 5.26 Å². The van der Waals surface area contributed by atoms with Crippen LogP contribution >= 0.6 is 0 Å². The Balaban J connectivity index is 2.28. The van der Waals surface area contributed by atoms with Gasteiger partial charge in [-0.1, -0.05) is 0 Å². The molecule has 1 N–H and O–H groups in total. The van der Waals surface area contributed by atoms with E-state index in [1.165, 1.54) is 12.4 Å². The van der Waals surface area contributed by atoms with Crippen LogP contribution in [0.5, 0.6) is 0 Å². The molecule has 0 aliphatic carbocycles. The van der Waals surface area contributed by atoms with Crippen molar-refractivity contribution in [2.75, 3.05) is 24.7 Å². The van der Waals surface area contributed by atoms with E-state index in [0.717, 1.165) is 0 Å². The largest absolute Gasteiger partial charge is 0.481 e. The summed E-state index contributed by atoms with van der Waals surface area (Å²) in [5.41, 5.74) is 0.204. The van der Waals surface area contributed by atoms with Gasteiger partial charge in [0.25, 0.3) is 0 Å². The van der Waals surface area contributed by atoms with Gasteiger partial charge in [0, 0.05) is 18.9 Å². The number of nitrogens with zero attached hydrogens (tertiary/aromatic N) is 4. The van der Waals surface area contributed by atoms with Crippen molar-refractivity contribution in [3.63, 3.8) is 0 Å². The number of hydrogen-bond donors (Lipinski definition) is 1. The number of carbonyl (C=O) groups is 1. The molecule has 0 spiro atoms. The molecule has 7 nitrogen and oxygen atoms in total. The monoisotopic (exact) mass is 248 g/mol. The molecule has 0 aromatic carbocycles. The van der Waals surface area contributed by atoms with Crippen molar-refractivity contribution in [1.82, 2.24) is 9.97 Å². The molecule has 94 valence electrons. The smallest absolute Gasteiger partial charge is 0.305 e. The summed E-state index contributed by atoms with van der Waals surface area (Å²) in [6.07, 6.45) is 2.87. The molecule has 2 rings (SSSR count). The minimum absolute atomic E-state index is 0.0541. The highest BCUT2D eigenvalue weighted by Crippen LogP contribution is 2.21. The molecule has 1 unspecified atom stereocenters. The van der Waals surface area contributed by atoms with Gasteiger partial charge in [-0.3, -0.25) is 4.79 Å². The molecule has 1 aliphatic heterocycles. The number of rotatable bonds is 3.